The molecule has 0 spiro atoms. The SMILES string of the molecule is CO/N=C(\C(=O)N[C@@H]1C(=O)N2C(C(=O)O)=C(C[n+]3ccc(Cl)c(N)c3)CS[C@H]12)c1csc(N)n1. The van der Waals surface area contributed by atoms with Crippen LogP contribution in [-0.2, 0) is 25.8 Å². The molecule has 2 aromatic rings. The van der Waals surface area contributed by atoms with Crippen molar-refractivity contribution in [2.45, 2.75) is 18.0 Å². The van der Waals surface area contributed by atoms with Gasteiger partial charge in [0, 0.05) is 22.8 Å². The zero-order valence-corrected chi connectivity index (χ0v) is 20.0. The van der Waals surface area contributed by atoms with Crippen LogP contribution in [0.1, 0.15) is 5.69 Å². The number of fused-ring (bicyclic) bond motifs is 1. The van der Waals surface area contributed by atoms with Crippen molar-refractivity contribution in [1.29, 1.82) is 0 Å². The minimum atomic E-state index is -1.24. The van der Waals surface area contributed by atoms with Crippen molar-refractivity contribution in [2.24, 2.45) is 5.16 Å². The first-order valence-corrected chi connectivity index (χ1v) is 12.0. The number of pyridine rings is 1. The number of β-lactam (4-membered cyclic amide) rings is 1. The van der Waals surface area contributed by atoms with Gasteiger partial charge in [-0.25, -0.2) is 9.78 Å². The Morgan fingerprint density at radius 2 is 2.24 bits per heavy atom. The number of oxime groups is 1. The lowest BCUT2D eigenvalue weighted by atomic mass is 10.0. The van der Waals surface area contributed by atoms with E-state index in [2.05, 4.69) is 15.5 Å². The summed E-state index contributed by atoms with van der Waals surface area (Å²) in [6, 6.07) is 0.664. The van der Waals surface area contributed by atoms with E-state index in [1.165, 1.54) is 29.2 Å². The third-order valence-electron chi connectivity index (χ3n) is 5.07. The van der Waals surface area contributed by atoms with Gasteiger partial charge >= 0.3 is 5.97 Å². The number of halogens is 1. The van der Waals surface area contributed by atoms with E-state index in [1.54, 1.807) is 23.0 Å². The van der Waals surface area contributed by atoms with E-state index in [1.807, 2.05) is 0 Å². The van der Waals surface area contributed by atoms with Crippen LogP contribution in [0.4, 0.5) is 10.8 Å². The zero-order valence-electron chi connectivity index (χ0n) is 17.6. The lowest BCUT2D eigenvalue weighted by Gasteiger charge is -2.49. The van der Waals surface area contributed by atoms with Gasteiger partial charge in [0.15, 0.2) is 29.8 Å². The Bertz CT molecular complexity index is 1250. The molecule has 1 saturated heterocycles. The number of thiazole rings is 1. The number of aromatic nitrogens is 2. The molecule has 0 aromatic carbocycles. The summed E-state index contributed by atoms with van der Waals surface area (Å²) in [5, 5.41) is 17.7. The summed E-state index contributed by atoms with van der Waals surface area (Å²) in [5.41, 5.74) is 12.3. The smallest absolute Gasteiger partial charge is 0.352 e. The quantitative estimate of drug-likeness (QED) is 0.168. The fraction of sp³-hybridized carbons (Fsp3) is 0.263. The number of carboxylic acids is 1. The monoisotopic (exact) mass is 524 g/mol. The molecule has 2 aliphatic rings. The third-order valence-corrected chi connectivity index (χ3v) is 7.42. The standard InChI is InChI=1S/C19H18ClN7O5S2/c1-32-25-12(11-7-34-19(22)23-11)15(28)24-13-16(29)27-14(18(30)31)8(6-33-17(13)27)4-26-3-2-9(20)10(21)5-26/h2-3,5,7,13,17H,4,6,21H2,1H3,(H3-,22,23,24,28,30,31)/p+1/b25-12-/t13-,17-/m1/s1. The van der Waals surface area contributed by atoms with Crippen molar-refractivity contribution in [2.75, 3.05) is 24.3 Å². The van der Waals surface area contributed by atoms with Crippen LogP contribution in [0.2, 0.25) is 5.02 Å². The molecule has 0 radical (unpaired) electrons. The molecule has 0 saturated carbocycles. The topological polar surface area (TPSA) is 177 Å². The molecule has 0 aliphatic carbocycles. The first-order valence-electron chi connectivity index (χ1n) is 9.68. The number of nitrogens with one attached hydrogen (secondary N) is 1. The maximum atomic E-state index is 12.9. The Morgan fingerprint density at radius 1 is 1.47 bits per heavy atom. The Hall–Kier alpha value is -3.36. The van der Waals surface area contributed by atoms with E-state index < -0.39 is 29.2 Å². The van der Waals surface area contributed by atoms with E-state index >= 15 is 0 Å². The first kappa shape index (κ1) is 23.8. The van der Waals surface area contributed by atoms with E-state index in [9.17, 15) is 19.5 Å². The number of aliphatic carboxylic acids is 1. The molecule has 2 amide bonds. The summed E-state index contributed by atoms with van der Waals surface area (Å²) in [4.78, 5) is 47.7. The highest BCUT2D eigenvalue weighted by Crippen LogP contribution is 2.40. The predicted octanol–water partition coefficient (Wildman–Crippen LogP) is 0.0377. The molecular weight excluding hydrogens is 506 g/mol. The molecule has 2 aromatic heterocycles. The lowest BCUT2D eigenvalue weighted by molar-refractivity contribution is -0.688. The zero-order chi connectivity index (χ0) is 24.6. The fourth-order valence-corrected chi connectivity index (χ4v) is 5.55. The maximum Gasteiger partial charge on any atom is 0.352 e. The number of carbonyl (C=O) groups is 3. The first-order chi connectivity index (χ1) is 16.2. The number of nitrogens with zero attached hydrogens (tertiary/aromatic N) is 4. The molecule has 4 heterocycles. The maximum absolute atomic E-state index is 12.9. The number of nitrogen functional groups attached to an aromatic ring is 2. The van der Waals surface area contributed by atoms with E-state index in [0.29, 0.717) is 22.0 Å². The number of hydrogen-bond donors (Lipinski definition) is 4. The third kappa shape index (κ3) is 4.38. The molecule has 15 heteroatoms. The Kier molecular flexibility index (Phi) is 6.63. The number of carboxylic acid groups (broad SMARTS) is 1. The van der Waals surface area contributed by atoms with Crippen molar-refractivity contribution < 1.29 is 28.9 Å². The molecule has 0 unspecified atom stereocenters. The van der Waals surface area contributed by atoms with Gasteiger partial charge in [0.2, 0.25) is 0 Å². The van der Waals surface area contributed by atoms with Crippen LogP contribution in [0.5, 0.6) is 0 Å². The minimum absolute atomic E-state index is 0.113. The van der Waals surface area contributed by atoms with Crippen molar-refractivity contribution in [3.63, 3.8) is 0 Å². The van der Waals surface area contributed by atoms with Crippen LogP contribution >= 0.6 is 34.7 Å². The molecule has 12 nitrogen and oxygen atoms in total. The average molecular weight is 525 g/mol. The molecule has 34 heavy (non-hydrogen) atoms. The highest BCUT2D eigenvalue weighted by Gasteiger charge is 2.54. The van der Waals surface area contributed by atoms with Crippen LogP contribution in [0.15, 0.2) is 40.3 Å². The van der Waals surface area contributed by atoms with E-state index in [0.717, 1.165) is 11.3 Å². The number of amides is 2. The second-order valence-electron chi connectivity index (χ2n) is 7.23. The number of hydrogen-bond acceptors (Lipinski definition) is 10. The van der Waals surface area contributed by atoms with E-state index in [-0.39, 0.29) is 28.8 Å². The normalized spacial score (nSPS) is 20.0. The summed E-state index contributed by atoms with van der Waals surface area (Å²) in [6.07, 6.45) is 3.26. The highest BCUT2D eigenvalue weighted by molar-refractivity contribution is 8.00. The van der Waals surface area contributed by atoms with Gasteiger partial charge in [-0.2, -0.15) is 4.57 Å². The van der Waals surface area contributed by atoms with Crippen LogP contribution < -0.4 is 21.4 Å². The van der Waals surface area contributed by atoms with Gasteiger partial charge in [0.05, 0.1) is 5.02 Å². The highest BCUT2D eigenvalue weighted by atomic mass is 35.5. The summed E-state index contributed by atoms with van der Waals surface area (Å²) >= 11 is 8.41. The van der Waals surface area contributed by atoms with Crippen LogP contribution in [0.25, 0.3) is 0 Å². The molecule has 6 N–H and O–H groups in total. The predicted molar refractivity (Wildman–Crippen MR) is 126 cm³/mol. The van der Waals surface area contributed by atoms with Crippen molar-refractivity contribution in [3.8, 4) is 0 Å². The largest absolute Gasteiger partial charge is 0.477 e. The molecule has 4 rings (SSSR count). The van der Waals surface area contributed by atoms with Gasteiger partial charge < -0.3 is 26.7 Å². The van der Waals surface area contributed by atoms with Crippen LogP contribution in [-0.4, -0.2) is 62.8 Å². The molecule has 178 valence electrons. The van der Waals surface area contributed by atoms with Gasteiger partial charge in [0.1, 0.15) is 35.6 Å². The summed E-state index contributed by atoms with van der Waals surface area (Å²) in [7, 11) is 1.27. The lowest BCUT2D eigenvalue weighted by Crippen LogP contribution is -2.71. The Balaban J connectivity index is 1.54. The molecule has 2 atom stereocenters. The summed E-state index contributed by atoms with van der Waals surface area (Å²) < 4.78 is 1.69. The fourth-order valence-electron chi connectivity index (χ4n) is 3.57. The van der Waals surface area contributed by atoms with Gasteiger partial charge in [-0.15, -0.1) is 23.1 Å². The Labute approximate surface area is 206 Å². The van der Waals surface area contributed by atoms with E-state index in [4.69, 9.17) is 27.9 Å². The number of carbonyl (C=O) groups excluding carboxylic acids is 2. The van der Waals surface area contributed by atoms with Gasteiger partial charge in [-0.3, -0.25) is 14.5 Å². The van der Waals surface area contributed by atoms with Crippen LogP contribution in [0, 0.1) is 0 Å². The number of thioether (sulfide) groups is 1. The van der Waals surface area contributed by atoms with Crippen molar-refractivity contribution in [3.05, 3.63) is 45.8 Å². The molecule has 1 fully saturated rings. The number of nitrogens with two attached hydrogens (primary N) is 2. The molecule has 2 aliphatic heterocycles. The second-order valence-corrected chi connectivity index (χ2v) is 9.63. The minimum Gasteiger partial charge on any atom is -0.477 e. The molecule has 0 bridgehead atoms. The summed E-state index contributed by atoms with van der Waals surface area (Å²) in [5.74, 6) is -2.14. The van der Waals surface area contributed by atoms with Gasteiger partial charge in [-0.1, -0.05) is 16.8 Å². The van der Waals surface area contributed by atoms with Crippen LogP contribution in [0.3, 0.4) is 0 Å². The number of anilines is 2. The average Bonchev–Trinajstić information content (AvgIpc) is 3.23. The van der Waals surface area contributed by atoms with Crippen molar-refractivity contribution in [1.82, 2.24) is 15.2 Å². The number of rotatable bonds is 7. The molecular formula is C19H19ClN7O5S2+. The van der Waals surface area contributed by atoms with Gasteiger partial charge in [0.25, 0.3) is 11.8 Å². The van der Waals surface area contributed by atoms with Crippen molar-refractivity contribution >= 4 is 69.0 Å². The summed E-state index contributed by atoms with van der Waals surface area (Å²) in [6.45, 7) is 0.208. The second kappa shape index (κ2) is 9.48. The van der Waals surface area contributed by atoms with Gasteiger partial charge in [-0.05, 0) is 0 Å². The Morgan fingerprint density at radius 3 is 2.85 bits per heavy atom.